The molecule has 0 atom stereocenters. The first-order valence-electron chi connectivity index (χ1n) is 8.54. The predicted octanol–water partition coefficient (Wildman–Crippen LogP) is 2.77. The zero-order chi connectivity index (χ0) is 20.7. The minimum absolute atomic E-state index is 0.0126. The third-order valence-corrected chi connectivity index (χ3v) is 5.42. The van der Waals surface area contributed by atoms with E-state index < -0.39 is 10.0 Å². The Hall–Kier alpha value is -3.24. The Morgan fingerprint density at radius 3 is 2.31 bits per heavy atom. The summed E-state index contributed by atoms with van der Waals surface area (Å²) in [6, 6.07) is 15.4. The fourth-order valence-electron chi connectivity index (χ4n) is 2.35. The molecule has 10 heteroatoms. The summed E-state index contributed by atoms with van der Waals surface area (Å²) < 4.78 is 32.2. The smallest absolute Gasteiger partial charge is 0.264 e. The molecule has 0 aliphatic carbocycles. The summed E-state index contributed by atoms with van der Waals surface area (Å²) in [4.78, 5) is 7.80. The zero-order valence-electron chi connectivity index (χ0n) is 15.5. The van der Waals surface area contributed by atoms with E-state index >= 15 is 0 Å². The summed E-state index contributed by atoms with van der Waals surface area (Å²) in [6.07, 6.45) is 2.91. The number of hydrogen-bond donors (Lipinski definition) is 3. The third kappa shape index (κ3) is 5.87. The number of methoxy groups -OCH3 is 1. The van der Waals surface area contributed by atoms with Gasteiger partial charge in [0.25, 0.3) is 10.0 Å². The second-order valence-electron chi connectivity index (χ2n) is 5.86. The van der Waals surface area contributed by atoms with Crippen LogP contribution in [0.25, 0.3) is 0 Å². The van der Waals surface area contributed by atoms with E-state index in [4.69, 9.17) is 17.0 Å². The number of thiocarbonyl (C=S) groups is 1. The second kappa shape index (κ2) is 9.30. The van der Waals surface area contributed by atoms with Crippen molar-refractivity contribution in [2.45, 2.75) is 11.4 Å². The molecule has 150 valence electrons. The molecule has 0 saturated carbocycles. The highest BCUT2D eigenvalue weighted by molar-refractivity contribution is 7.92. The number of ether oxygens (including phenoxy) is 1. The number of nitrogens with zero attached hydrogens (tertiary/aromatic N) is 2. The standard InChI is InChI=1S/C19H19N5O3S2/c1-27-16-7-3-14(4-8-16)13-22-19(28)23-15-5-9-17(10-6-15)29(25,26)24-18-20-11-2-12-21-18/h2-12H,13H2,1H3,(H,20,21,24)(H2,22,23,28). The number of anilines is 2. The highest BCUT2D eigenvalue weighted by Gasteiger charge is 2.15. The lowest BCUT2D eigenvalue weighted by Gasteiger charge is -2.12. The van der Waals surface area contributed by atoms with Crippen LogP contribution in [0.4, 0.5) is 11.6 Å². The Bertz CT molecular complexity index is 1060. The van der Waals surface area contributed by atoms with Gasteiger partial charge in [0.2, 0.25) is 5.95 Å². The van der Waals surface area contributed by atoms with Gasteiger partial charge in [-0.25, -0.2) is 23.1 Å². The van der Waals surface area contributed by atoms with Crippen molar-refractivity contribution in [2.75, 3.05) is 17.1 Å². The SMILES string of the molecule is COc1ccc(CNC(=S)Nc2ccc(S(=O)(=O)Nc3ncccn3)cc2)cc1. The maximum absolute atomic E-state index is 12.4. The number of rotatable bonds is 7. The quantitative estimate of drug-likeness (QED) is 0.493. The van der Waals surface area contributed by atoms with E-state index in [2.05, 4.69) is 25.3 Å². The molecule has 3 rings (SSSR count). The van der Waals surface area contributed by atoms with Gasteiger partial charge < -0.3 is 15.4 Å². The summed E-state index contributed by atoms with van der Waals surface area (Å²) in [5, 5.41) is 6.54. The van der Waals surface area contributed by atoms with Gasteiger partial charge in [0.05, 0.1) is 12.0 Å². The van der Waals surface area contributed by atoms with Gasteiger partial charge in [-0.15, -0.1) is 0 Å². The average Bonchev–Trinajstić information content (AvgIpc) is 2.73. The van der Waals surface area contributed by atoms with E-state index in [1.807, 2.05) is 24.3 Å². The number of nitrogens with one attached hydrogen (secondary N) is 3. The van der Waals surface area contributed by atoms with Gasteiger partial charge in [0.15, 0.2) is 5.11 Å². The van der Waals surface area contributed by atoms with Crippen LogP contribution >= 0.6 is 12.2 Å². The molecule has 0 saturated heterocycles. The molecule has 0 amide bonds. The van der Waals surface area contributed by atoms with Crippen LogP contribution in [0.2, 0.25) is 0 Å². The lowest BCUT2D eigenvalue weighted by molar-refractivity contribution is 0.414. The second-order valence-corrected chi connectivity index (χ2v) is 7.95. The van der Waals surface area contributed by atoms with E-state index in [1.54, 1.807) is 25.3 Å². The van der Waals surface area contributed by atoms with Gasteiger partial charge in [0, 0.05) is 24.6 Å². The van der Waals surface area contributed by atoms with E-state index in [9.17, 15) is 8.42 Å². The predicted molar refractivity (Wildman–Crippen MR) is 115 cm³/mol. The van der Waals surface area contributed by atoms with Crippen LogP contribution in [0, 0.1) is 0 Å². The van der Waals surface area contributed by atoms with Crippen LogP contribution in [0.3, 0.4) is 0 Å². The normalized spacial score (nSPS) is 10.8. The van der Waals surface area contributed by atoms with E-state index in [0.29, 0.717) is 17.3 Å². The Kier molecular flexibility index (Phi) is 6.57. The first-order chi connectivity index (χ1) is 14.0. The van der Waals surface area contributed by atoms with Gasteiger partial charge in [-0.3, -0.25) is 0 Å². The molecule has 0 radical (unpaired) electrons. The highest BCUT2D eigenvalue weighted by atomic mass is 32.2. The lowest BCUT2D eigenvalue weighted by atomic mass is 10.2. The van der Waals surface area contributed by atoms with Gasteiger partial charge in [-0.05, 0) is 60.2 Å². The van der Waals surface area contributed by atoms with Crippen LogP contribution in [0.15, 0.2) is 71.9 Å². The maximum Gasteiger partial charge on any atom is 0.264 e. The number of sulfonamides is 1. The fourth-order valence-corrected chi connectivity index (χ4v) is 3.50. The molecule has 0 fully saturated rings. The molecule has 29 heavy (non-hydrogen) atoms. The first-order valence-corrected chi connectivity index (χ1v) is 10.4. The highest BCUT2D eigenvalue weighted by Crippen LogP contribution is 2.16. The van der Waals surface area contributed by atoms with Crippen molar-refractivity contribution in [2.24, 2.45) is 0 Å². The average molecular weight is 430 g/mol. The third-order valence-electron chi connectivity index (χ3n) is 3.83. The van der Waals surface area contributed by atoms with Crippen LogP contribution in [-0.2, 0) is 16.6 Å². The largest absolute Gasteiger partial charge is 0.497 e. The van der Waals surface area contributed by atoms with Crippen molar-refractivity contribution in [3.8, 4) is 5.75 Å². The number of benzene rings is 2. The molecule has 1 heterocycles. The Labute approximate surface area is 174 Å². The topological polar surface area (TPSA) is 105 Å². The van der Waals surface area contributed by atoms with Crippen LogP contribution in [0.1, 0.15) is 5.56 Å². The Morgan fingerprint density at radius 1 is 1.03 bits per heavy atom. The van der Waals surface area contributed by atoms with E-state index in [-0.39, 0.29) is 10.8 Å². The summed E-state index contributed by atoms with van der Waals surface area (Å²) in [6.45, 7) is 0.545. The molecular weight excluding hydrogens is 410 g/mol. The van der Waals surface area contributed by atoms with Gasteiger partial charge >= 0.3 is 0 Å². The summed E-state index contributed by atoms with van der Waals surface area (Å²) >= 11 is 5.28. The van der Waals surface area contributed by atoms with Crippen molar-refractivity contribution in [1.82, 2.24) is 15.3 Å². The monoisotopic (exact) mass is 429 g/mol. The molecule has 0 spiro atoms. The van der Waals surface area contributed by atoms with Crippen molar-refractivity contribution in [3.63, 3.8) is 0 Å². The molecule has 0 aliphatic heterocycles. The fraction of sp³-hybridized carbons (Fsp3) is 0.105. The summed E-state index contributed by atoms with van der Waals surface area (Å²) in [5.74, 6) is 0.802. The van der Waals surface area contributed by atoms with Gasteiger partial charge in [0.1, 0.15) is 5.75 Å². The summed E-state index contributed by atoms with van der Waals surface area (Å²) in [5.41, 5.74) is 1.71. The molecule has 0 bridgehead atoms. The first kappa shape index (κ1) is 20.5. The van der Waals surface area contributed by atoms with Crippen LogP contribution < -0.4 is 20.1 Å². The molecule has 0 unspecified atom stereocenters. The molecule has 0 aliphatic rings. The molecule has 8 nitrogen and oxygen atoms in total. The summed E-state index contributed by atoms with van der Waals surface area (Å²) in [7, 11) is -2.15. The molecule has 1 aromatic heterocycles. The van der Waals surface area contributed by atoms with Crippen LogP contribution in [-0.4, -0.2) is 30.6 Å². The van der Waals surface area contributed by atoms with Gasteiger partial charge in [-0.1, -0.05) is 12.1 Å². The molecule has 2 aromatic carbocycles. The maximum atomic E-state index is 12.4. The van der Waals surface area contributed by atoms with Crippen molar-refractivity contribution in [1.29, 1.82) is 0 Å². The minimum atomic E-state index is -3.77. The van der Waals surface area contributed by atoms with E-state index in [1.165, 1.54) is 24.5 Å². The lowest BCUT2D eigenvalue weighted by Crippen LogP contribution is -2.27. The Balaban J connectivity index is 1.56. The van der Waals surface area contributed by atoms with Crippen LogP contribution in [0.5, 0.6) is 5.75 Å². The van der Waals surface area contributed by atoms with Crippen molar-refractivity contribution >= 4 is 39.0 Å². The molecule has 3 N–H and O–H groups in total. The zero-order valence-corrected chi connectivity index (χ0v) is 17.1. The number of aromatic nitrogens is 2. The van der Waals surface area contributed by atoms with Crippen molar-refractivity contribution in [3.05, 3.63) is 72.6 Å². The van der Waals surface area contributed by atoms with Gasteiger partial charge in [-0.2, -0.15) is 0 Å². The van der Waals surface area contributed by atoms with E-state index in [0.717, 1.165) is 11.3 Å². The molecule has 3 aromatic rings. The Morgan fingerprint density at radius 2 is 1.69 bits per heavy atom. The number of hydrogen-bond acceptors (Lipinski definition) is 6. The minimum Gasteiger partial charge on any atom is -0.497 e. The molecular formula is C19H19N5O3S2. The van der Waals surface area contributed by atoms with Crippen molar-refractivity contribution < 1.29 is 13.2 Å².